The number of amides is 1. The minimum Gasteiger partial charge on any atom is -0.384 e. The Bertz CT molecular complexity index is 639. The van der Waals surface area contributed by atoms with E-state index in [-0.39, 0.29) is 18.9 Å². The number of nitrogens with two attached hydrogens (primary N) is 1. The summed E-state index contributed by atoms with van der Waals surface area (Å²) >= 11 is 0. The Hall–Kier alpha value is -2.44. The van der Waals surface area contributed by atoms with Crippen LogP contribution in [0.25, 0.3) is 0 Å². The lowest BCUT2D eigenvalue weighted by Gasteiger charge is -2.05. The van der Waals surface area contributed by atoms with Crippen molar-refractivity contribution < 1.29 is 13.6 Å². The first-order valence-corrected chi connectivity index (χ1v) is 5.94. The molecule has 20 heavy (non-hydrogen) atoms. The van der Waals surface area contributed by atoms with Gasteiger partial charge in [0.15, 0.2) is 11.6 Å². The predicted octanol–water partition coefficient (Wildman–Crippen LogP) is 1.14. The summed E-state index contributed by atoms with van der Waals surface area (Å²) in [5.74, 6) is -1.73. The van der Waals surface area contributed by atoms with Crippen LogP contribution < -0.4 is 11.1 Å². The summed E-state index contributed by atoms with van der Waals surface area (Å²) in [6.45, 7) is 0.238. The number of nitrogens with zero attached hydrogens (tertiary/aromatic N) is 2. The third-order valence-corrected chi connectivity index (χ3v) is 2.89. The standard InChI is InChI=1S/C13H14F2N4O/c1-19-13(16)9(7-18-19)6-17-12(20)5-8-2-3-10(14)11(15)4-8/h2-4,7H,5-6,16H2,1H3,(H,17,20). The van der Waals surface area contributed by atoms with Crippen molar-refractivity contribution in [1.29, 1.82) is 0 Å². The number of hydrogen-bond acceptors (Lipinski definition) is 3. The lowest BCUT2D eigenvalue weighted by Crippen LogP contribution is -2.24. The molecule has 0 saturated carbocycles. The molecule has 0 unspecified atom stereocenters. The number of aromatic nitrogens is 2. The maximum absolute atomic E-state index is 13.0. The molecule has 5 nitrogen and oxygen atoms in total. The zero-order chi connectivity index (χ0) is 14.7. The molecule has 0 aliphatic heterocycles. The highest BCUT2D eigenvalue weighted by molar-refractivity contribution is 5.78. The van der Waals surface area contributed by atoms with E-state index in [9.17, 15) is 13.6 Å². The number of carbonyl (C=O) groups is 1. The molecule has 7 heteroatoms. The van der Waals surface area contributed by atoms with Crippen LogP contribution in [0.2, 0.25) is 0 Å². The zero-order valence-corrected chi connectivity index (χ0v) is 10.9. The lowest BCUT2D eigenvalue weighted by molar-refractivity contribution is -0.120. The number of nitrogen functional groups attached to an aromatic ring is 1. The molecule has 0 bridgehead atoms. The van der Waals surface area contributed by atoms with E-state index in [1.807, 2.05) is 0 Å². The average Bonchev–Trinajstić information content (AvgIpc) is 2.72. The van der Waals surface area contributed by atoms with Gasteiger partial charge in [0.05, 0.1) is 12.6 Å². The number of rotatable bonds is 4. The van der Waals surface area contributed by atoms with Gasteiger partial charge in [0.1, 0.15) is 5.82 Å². The fourth-order valence-electron chi connectivity index (χ4n) is 1.72. The van der Waals surface area contributed by atoms with Crippen molar-refractivity contribution in [2.24, 2.45) is 7.05 Å². The molecule has 0 fully saturated rings. The van der Waals surface area contributed by atoms with Crippen molar-refractivity contribution in [3.8, 4) is 0 Å². The van der Waals surface area contributed by atoms with Crippen molar-refractivity contribution in [3.05, 3.63) is 47.2 Å². The molecular formula is C13H14F2N4O. The van der Waals surface area contributed by atoms with Crippen LogP contribution in [-0.2, 0) is 24.8 Å². The molecule has 0 spiro atoms. The Labute approximate surface area is 114 Å². The first kappa shape index (κ1) is 14.0. The molecule has 0 saturated heterocycles. The Balaban J connectivity index is 1.92. The van der Waals surface area contributed by atoms with Gasteiger partial charge in [-0.25, -0.2) is 8.78 Å². The van der Waals surface area contributed by atoms with Crippen LogP contribution in [0.3, 0.4) is 0 Å². The minimum absolute atomic E-state index is 0.0304. The van der Waals surface area contributed by atoms with Crippen LogP contribution in [-0.4, -0.2) is 15.7 Å². The Morgan fingerprint density at radius 2 is 2.15 bits per heavy atom. The first-order chi connectivity index (χ1) is 9.47. The first-order valence-electron chi connectivity index (χ1n) is 5.94. The normalized spacial score (nSPS) is 10.6. The van der Waals surface area contributed by atoms with Crippen LogP contribution in [0.5, 0.6) is 0 Å². The predicted molar refractivity (Wildman–Crippen MR) is 69.5 cm³/mol. The van der Waals surface area contributed by atoms with Gasteiger partial charge in [0.2, 0.25) is 5.91 Å². The number of aryl methyl sites for hydroxylation is 1. The highest BCUT2D eigenvalue weighted by atomic mass is 19.2. The van der Waals surface area contributed by atoms with E-state index >= 15 is 0 Å². The third kappa shape index (κ3) is 3.11. The van der Waals surface area contributed by atoms with Crippen LogP contribution >= 0.6 is 0 Å². The van der Waals surface area contributed by atoms with Gasteiger partial charge >= 0.3 is 0 Å². The molecule has 1 aromatic carbocycles. The molecule has 0 atom stereocenters. The summed E-state index contributed by atoms with van der Waals surface area (Å²) in [6.07, 6.45) is 1.53. The fraction of sp³-hybridized carbons (Fsp3) is 0.231. The van der Waals surface area contributed by atoms with Gasteiger partial charge in [0.25, 0.3) is 0 Å². The average molecular weight is 280 g/mol. The Morgan fingerprint density at radius 1 is 1.40 bits per heavy atom. The lowest BCUT2D eigenvalue weighted by atomic mass is 10.1. The summed E-state index contributed by atoms with van der Waals surface area (Å²) in [5.41, 5.74) is 6.84. The van der Waals surface area contributed by atoms with E-state index in [1.165, 1.54) is 10.7 Å². The van der Waals surface area contributed by atoms with Gasteiger partial charge in [-0.1, -0.05) is 6.07 Å². The summed E-state index contributed by atoms with van der Waals surface area (Å²) < 4.78 is 27.3. The van der Waals surface area contributed by atoms with Crippen LogP contribution in [0, 0.1) is 11.6 Å². The summed E-state index contributed by atoms with van der Waals surface area (Å²) in [7, 11) is 1.70. The summed E-state index contributed by atoms with van der Waals surface area (Å²) in [4.78, 5) is 11.7. The molecule has 0 aliphatic carbocycles. The van der Waals surface area contributed by atoms with Crippen molar-refractivity contribution in [1.82, 2.24) is 15.1 Å². The van der Waals surface area contributed by atoms with Gasteiger partial charge in [-0.15, -0.1) is 0 Å². The van der Waals surface area contributed by atoms with Crippen molar-refractivity contribution >= 4 is 11.7 Å². The highest BCUT2D eigenvalue weighted by Gasteiger charge is 2.09. The molecule has 0 aliphatic rings. The maximum Gasteiger partial charge on any atom is 0.224 e. The maximum atomic E-state index is 13.0. The van der Waals surface area contributed by atoms with Gasteiger partial charge in [0, 0.05) is 19.2 Å². The van der Waals surface area contributed by atoms with E-state index in [0.29, 0.717) is 16.9 Å². The molecule has 106 valence electrons. The van der Waals surface area contributed by atoms with E-state index in [1.54, 1.807) is 13.2 Å². The monoisotopic (exact) mass is 280 g/mol. The van der Waals surface area contributed by atoms with Gasteiger partial charge < -0.3 is 11.1 Å². The zero-order valence-electron chi connectivity index (χ0n) is 10.9. The van der Waals surface area contributed by atoms with Crippen LogP contribution in [0.15, 0.2) is 24.4 Å². The van der Waals surface area contributed by atoms with E-state index in [2.05, 4.69) is 10.4 Å². The number of benzene rings is 1. The molecule has 0 radical (unpaired) electrons. The SMILES string of the molecule is Cn1ncc(CNC(=O)Cc2ccc(F)c(F)c2)c1N. The second kappa shape index (κ2) is 5.68. The van der Waals surface area contributed by atoms with Gasteiger partial charge in [-0.2, -0.15) is 5.10 Å². The minimum atomic E-state index is -0.966. The second-order valence-electron chi connectivity index (χ2n) is 4.38. The number of nitrogens with one attached hydrogen (secondary N) is 1. The van der Waals surface area contributed by atoms with E-state index in [4.69, 9.17) is 5.73 Å². The fourth-order valence-corrected chi connectivity index (χ4v) is 1.72. The van der Waals surface area contributed by atoms with Crippen molar-refractivity contribution in [3.63, 3.8) is 0 Å². The van der Waals surface area contributed by atoms with E-state index < -0.39 is 11.6 Å². The number of anilines is 1. The third-order valence-electron chi connectivity index (χ3n) is 2.89. The summed E-state index contributed by atoms with van der Waals surface area (Å²) in [5, 5.41) is 6.60. The van der Waals surface area contributed by atoms with Gasteiger partial charge in [-0.05, 0) is 17.7 Å². The number of carbonyl (C=O) groups excluding carboxylic acids is 1. The molecule has 3 N–H and O–H groups in total. The van der Waals surface area contributed by atoms with Crippen molar-refractivity contribution in [2.45, 2.75) is 13.0 Å². The Morgan fingerprint density at radius 3 is 2.75 bits per heavy atom. The number of hydrogen-bond donors (Lipinski definition) is 2. The number of halogens is 2. The summed E-state index contributed by atoms with van der Waals surface area (Å²) in [6, 6.07) is 3.38. The second-order valence-corrected chi connectivity index (χ2v) is 4.38. The van der Waals surface area contributed by atoms with Crippen molar-refractivity contribution in [2.75, 3.05) is 5.73 Å². The Kier molecular flexibility index (Phi) is 3.97. The quantitative estimate of drug-likeness (QED) is 0.882. The molecular weight excluding hydrogens is 266 g/mol. The van der Waals surface area contributed by atoms with Crippen LogP contribution in [0.4, 0.5) is 14.6 Å². The van der Waals surface area contributed by atoms with Gasteiger partial charge in [-0.3, -0.25) is 9.48 Å². The molecule has 1 heterocycles. The largest absolute Gasteiger partial charge is 0.384 e. The molecule has 2 aromatic rings. The molecule has 2 rings (SSSR count). The topological polar surface area (TPSA) is 72.9 Å². The van der Waals surface area contributed by atoms with E-state index in [0.717, 1.165) is 12.1 Å². The van der Waals surface area contributed by atoms with Crippen LogP contribution in [0.1, 0.15) is 11.1 Å². The molecule has 1 amide bonds. The highest BCUT2D eigenvalue weighted by Crippen LogP contribution is 2.10. The smallest absolute Gasteiger partial charge is 0.224 e. The molecule has 1 aromatic heterocycles.